The molecule has 2 aromatic rings. The van der Waals surface area contributed by atoms with E-state index in [1.54, 1.807) is 13.3 Å². The highest BCUT2D eigenvalue weighted by molar-refractivity contribution is 5.76. The zero-order valence-electron chi connectivity index (χ0n) is 12.8. The van der Waals surface area contributed by atoms with E-state index in [0.717, 1.165) is 5.69 Å². The Kier molecular flexibility index (Phi) is 4.01. The summed E-state index contributed by atoms with van der Waals surface area (Å²) < 4.78 is 4.82. The molecule has 3 heterocycles. The van der Waals surface area contributed by atoms with Crippen molar-refractivity contribution < 1.29 is 19.7 Å². The van der Waals surface area contributed by atoms with Crippen LogP contribution in [0, 0.1) is 6.92 Å². The van der Waals surface area contributed by atoms with E-state index < -0.39 is 18.1 Å². The van der Waals surface area contributed by atoms with Crippen molar-refractivity contribution in [3.8, 4) is 5.75 Å². The maximum absolute atomic E-state index is 11.9. The molecule has 1 aliphatic rings. The molecule has 0 unspecified atom stereocenters. The molecule has 1 aliphatic heterocycles. The van der Waals surface area contributed by atoms with Crippen LogP contribution in [0.2, 0.25) is 0 Å². The van der Waals surface area contributed by atoms with Gasteiger partial charge in [0.1, 0.15) is 11.8 Å². The summed E-state index contributed by atoms with van der Waals surface area (Å²) in [5.41, 5.74) is 2.87. The van der Waals surface area contributed by atoms with Gasteiger partial charge in [0.25, 0.3) is 0 Å². The number of hydrogen-bond donors (Lipinski definition) is 4. The molecule has 0 amide bonds. The molecule has 0 aliphatic carbocycles. The zero-order chi connectivity index (χ0) is 16.6. The van der Waals surface area contributed by atoms with Crippen molar-refractivity contribution in [2.75, 3.05) is 7.11 Å². The number of carbonyl (C=O) groups excluding carboxylic acids is 1. The quantitative estimate of drug-likeness (QED) is 0.592. The topological polar surface area (TPSA) is 120 Å². The number of H-pyrrole nitrogens is 1. The van der Waals surface area contributed by atoms with Gasteiger partial charge in [-0.05, 0) is 6.92 Å². The minimum absolute atomic E-state index is 0.0199. The minimum Gasteiger partial charge on any atom is -0.506 e. The number of nitrogens with zero attached hydrogens (tertiary/aromatic N) is 2. The van der Waals surface area contributed by atoms with Crippen LogP contribution in [-0.4, -0.2) is 44.3 Å². The maximum Gasteiger partial charge on any atom is 0.323 e. The first-order valence-electron chi connectivity index (χ1n) is 7.21. The number of aliphatic hydroxyl groups is 1. The number of esters is 1. The molecule has 2 aromatic heterocycles. The number of nitrogens with one attached hydrogen (secondary N) is 2. The van der Waals surface area contributed by atoms with E-state index in [0.29, 0.717) is 28.9 Å². The number of aromatic amines is 1. The van der Waals surface area contributed by atoms with Crippen LogP contribution in [0.4, 0.5) is 0 Å². The number of carbonyl (C=O) groups is 1. The first-order chi connectivity index (χ1) is 11.1. The van der Waals surface area contributed by atoms with Crippen molar-refractivity contribution in [3.05, 3.63) is 40.7 Å². The van der Waals surface area contributed by atoms with Crippen LogP contribution < -0.4 is 5.32 Å². The Morgan fingerprint density at radius 3 is 2.96 bits per heavy atom. The molecular formula is C15H18N4O4. The SMILES string of the molecule is COC(=O)[C@@H]1Cc2[nH]cnc2[C@H](c2c(CO)cnc(C)c2O)N1. The van der Waals surface area contributed by atoms with E-state index in [1.165, 1.54) is 13.3 Å². The Labute approximate surface area is 132 Å². The third-order valence-corrected chi connectivity index (χ3v) is 4.10. The standard InChI is InChI=1S/C15H18N4O4/c1-7-14(21)11(8(5-20)4-16-7)13-12-9(17-6-18-12)3-10(19-13)15(22)23-2/h4,6,10,13,19-21H,3,5H2,1-2H3,(H,17,18)/t10-,13-/m0/s1. The normalized spacial score (nSPS) is 20.1. The fourth-order valence-corrected chi connectivity index (χ4v) is 2.90. The van der Waals surface area contributed by atoms with Gasteiger partial charge in [-0.25, -0.2) is 4.98 Å². The smallest absolute Gasteiger partial charge is 0.323 e. The van der Waals surface area contributed by atoms with Crippen LogP contribution in [0.1, 0.15) is 34.3 Å². The molecule has 0 bridgehead atoms. The highest BCUT2D eigenvalue weighted by Crippen LogP contribution is 2.36. The number of pyridine rings is 1. The van der Waals surface area contributed by atoms with E-state index >= 15 is 0 Å². The fraction of sp³-hybridized carbons (Fsp3) is 0.400. The lowest BCUT2D eigenvalue weighted by molar-refractivity contribution is -0.143. The van der Waals surface area contributed by atoms with E-state index in [9.17, 15) is 15.0 Å². The van der Waals surface area contributed by atoms with Gasteiger partial charge in [-0.15, -0.1) is 0 Å². The van der Waals surface area contributed by atoms with Crippen LogP contribution >= 0.6 is 0 Å². The molecule has 0 saturated carbocycles. The van der Waals surface area contributed by atoms with Gasteiger partial charge in [0.15, 0.2) is 0 Å². The molecule has 0 aromatic carbocycles. The molecule has 8 heteroatoms. The Morgan fingerprint density at radius 1 is 1.48 bits per heavy atom. The number of aliphatic hydroxyl groups excluding tert-OH is 1. The van der Waals surface area contributed by atoms with Crippen LogP contribution in [0.5, 0.6) is 5.75 Å². The van der Waals surface area contributed by atoms with Gasteiger partial charge in [0, 0.05) is 29.4 Å². The highest BCUT2D eigenvalue weighted by Gasteiger charge is 2.36. The molecule has 2 atom stereocenters. The average molecular weight is 318 g/mol. The number of aryl methyl sites for hydroxylation is 1. The first-order valence-corrected chi connectivity index (χ1v) is 7.21. The predicted molar refractivity (Wildman–Crippen MR) is 79.6 cm³/mol. The Bertz CT molecular complexity index is 743. The molecule has 3 rings (SSSR count). The number of ether oxygens (including phenoxy) is 1. The minimum atomic E-state index is -0.572. The van der Waals surface area contributed by atoms with Gasteiger partial charge in [-0.3, -0.25) is 15.1 Å². The van der Waals surface area contributed by atoms with E-state index in [-0.39, 0.29) is 12.4 Å². The van der Waals surface area contributed by atoms with Crippen LogP contribution in [0.15, 0.2) is 12.5 Å². The summed E-state index contributed by atoms with van der Waals surface area (Å²) in [7, 11) is 1.33. The van der Waals surface area contributed by atoms with Gasteiger partial charge in [0.2, 0.25) is 0 Å². The van der Waals surface area contributed by atoms with Crippen molar-refractivity contribution in [2.24, 2.45) is 0 Å². The second-order valence-electron chi connectivity index (χ2n) is 5.44. The third kappa shape index (κ3) is 2.55. The number of imidazole rings is 1. The predicted octanol–water partition coefficient (Wildman–Crippen LogP) is 0.0877. The van der Waals surface area contributed by atoms with Crippen molar-refractivity contribution in [1.29, 1.82) is 0 Å². The lowest BCUT2D eigenvalue weighted by Crippen LogP contribution is -2.46. The Morgan fingerprint density at radius 2 is 2.26 bits per heavy atom. The first kappa shape index (κ1) is 15.4. The summed E-state index contributed by atoms with van der Waals surface area (Å²) >= 11 is 0. The van der Waals surface area contributed by atoms with Crippen molar-refractivity contribution in [2.45, 2.75) is 32.0 Å². The number of aromatic nitrogens is 3. The summed E-state index contributed by atoms with van der Waals surface area (Å²) in [4.78, 5) is 23.3. The summed E-state index contributed by atoms with van der Waals surface area (Å²) in [6.07, 6.45) is 3.47. The molecule has 0 spiro atoms. The van der Waals surface area contributed by atoms with E-state index in [2.05, 4.69) is 20.3 Å². The number of rotatable bonds is 3. The summed E-state index contributed by atoms with van der Waals surface area (Å²) in [6.45, 7) is 1.39. The lowest BCUT2D eigenvalue weighted by atomic mass is 9.91. The third-order valence-electron chi connectivity index (χ3n) is 4.10. The Balaban J connectivity index is 2.12. The van der Waals surface area contributed by atoms with Gasteiger partial charge in [-0.1, -0.05) is 0 Å². The van der Waals surface area contributed by atoms with Crippen molar-refractivity contribution in [1.82, 2.24) is 20.3 Å². The second kappa shape index (κ2) is 5.98. The van der Waals surface area contributed by atoms with Crippen molar-refractivity contribution >= 4 is 5.97 Å². The molecule has 8 nitrogen and oxygen atoms in total. The Hall–Kier alpha value is -2.45. The summed E-state index contributed by atoms with van der Waals surface area (Å²) in [5.74, 6) is -0.417. The molecule has 0 saturated heterocycles. The molecule has 0 fully saturated rings. The summed E-state index contributed by atoms with van der Waals surface area (Å²) in [5, 5.41) is 23.2. The number of hydrogen-bond acceptors (Lipinski definition) is 7. The van der Waals surface area contributed by atoms with Crippen molar-refractivity contribution in [3.63, 3.8) is 0 Å². The highest BCUT2D eigenvalue weighted by atomic mass is 16.5. The summed E-state index contributed by atoms with van der Waals surface area (Å²) in [6, 6.07) is -1.12. The number of methoxy groups -OCH3 is 1. The van der Waals surface area contributed by atoms with Crippen LogP contribution in [0.3, 0.4) is 0 Å². The van der Waals surface area contributed by atoms with Crippen LogP contribution in [0.25, 0.3) is 0 Å². The lowest BCUT2D eigenvalue weighted by Gasteiger charge is -2.30. The van der Waals surface area contributed by atoms with Gasteiger partial charge in [0.05, 0.1) is 37.5 Å². The zero-order valence-corrected chi connectivity index (χ0v) is 12.8. The largest absolute Gasteiger partial charge is 0.506 e. The van der Waals surface area contributed by atoms with Gasteiger partial charge >= 0.3 is 5.97 Å². The number of aromatic hydroxyl groups is 1. The van der Waals surface area contributed by atoms with E-state index in [4.69, 9.17) is 4.74 Å². The molecule has 122 valence electrons. The average Bonchev–Trinajstić information content (AvgIpc) is 3.04. The monoisotopic (exact) mass is 318 g/mol. The van der Waals surface area contributed by atoms with Gasteiger partial charge in [-0.2, -0.15) is 0 Å². The molecular weight excluding hydrogens is 300 g/mol. The van der Waals surface area contributed by atoms with E-state index in [1.807, 2.05) is 0 Å². The molecule has 0 radical (unpaired) electrons. The number of fused-ring (bicyclic) bond motifs is 1. The van der Waals surface area contributed by atoms with Crippen LogP contribution in [-0.2, 0) is 22.6 Å². The maximum atomic E-state index is 11.9. The fourth-order valence-electron chi connectivity index (χ4n) is 2.90. The second-order valence-corrected chi connectivity index (χ2v) is 5.44. The van der Waals surface area contributed by atoms with Gasteiger partial charge < -0.3 is 19.9 Å². The molecule has 4 N–H and O–H groups in total. The molecule has 23 heavy (non-hydrogen) atoms.